The molecule has 24 heavy (non-hydrogen) atoms. The Kier molecular flexibility index (Phi) is 5.38. The van der Waals surface area contributed by atoms with E-state index in [1.807, 2.05) is 13.8 Å². The van der Waals surface area contributed by atoms with E-state index in [1.165, 1.54) is 12.1 Å². The summed E-state index contributed by atoms with van der Waals surface area (Å²) in [6.45, 7) is 3.53. The van der Waals surface area contributed by atoms with Gasteiger partial charge >= 0.3 is 5.97 Å². The zero-order valence-corrected chi connectivity index (χ0v) is 13.7. The lowest BCUT2D eigenvalue weighted by molar-refractivity contribution is -0.384. The van der Waals surface area contributed by atoms with Gasteiger partial charge in [0.1, 0.15) is 0 Å². The summed E-state index contributed by atoms with van der Waals surface area (Å²) in [5.41, 5.74) is 5.36. The predicted octanol–water partition coefficient (Wildman–Crippen LogP) is 2.12. The number of nitrogens with two attached hydrogens (primary N) is 1. The molecular weight excluding hydrogens is 314 g/mol. The van der Waals surface area contributed by atoms with Crippen molar-refractivity contribution in [3.8, 4) is 0 Å². The highest BCUT2D eigenvalue weighted by Gasteiger charge is 2.29. The molecule has 0 aromatic heterocycles. The predicted molar refractivity (Wildman–Crippen MR) is 87.4 cm³/mol. The first-order valence-corrected chi connectivity index (χ1v) is 7.83. The first kappa shape index (κ1) is 17.7. The van der Waals surface area contributed by atoms with E-state index in [0.717, 1.165) is 25.3 Å². The summed E-state index contributed by atoms with van der Waals surface area (Å²) in [6.07, 6.45) is 2.90. The number of carbonyl (C=O) groups excluding carboxylic acids is 2. The van der Waals surface area contributed by atoms with Crippen LogP contribution in [0.4, 0.5) is 11.4 Å². The zero-order chi connectivity index (χ0) is 17.9. The fourth-order valence-corrected chi connectivity index (χ4v) is 3.03. The molecule has 1 heterocycles. The number of hydrogen-bond acceptors (Lipinski definition) is 6. The average molecular weight is 335 g/mol. The number of hydrogen-bond donors (Lipinski definition) is 1. The lowest BCUT2D eigenvalue weighted by Crippen LogP contribution is -2.49. The number of ether oxygens (including phenoxy) is 1. The number of esters is 1. The average Bonchev–Trinajstić information content (AvgIpc) is 2.52. The summed E-state index contributed by atoms with van der Waals surface area (Å²) >= 11 is 0. The Balaban J connectivity index is 2.04. The van der Waals surface area contributed by atoms with Gasteiger partial charge < -0.3 is 15.4 Å². The highest BCUT2D eigenvalue weighted by atomic mass is 16.6. The minimum atomic E-state index is -0.845. The third kappa shape index (κ3) is 3.81. The molecule has 1 aliphatic rings. The summed E-state index contributed by atoms with van der Waals surface area (Å²) in [7, 11) is 0. The Morgan fingerprint density at radius 2 is 1.96 bits per heavy atom. The van der Waals surface area contributed by atoms with E-state index >= 15 is 0 Å². The molecule has 0 unspecified atom stereocenters. The number of non-ortho nitro benzene ring substituents is 1. The SMILES string of the molecule is C[C@H]1CCC[C@H](C)N1C(=O)COC(=O)c1cc([N+](=O)[O-])ccc1N. The van der Waals surface area contributed by atoms with Crippen LogP contribution in [0.5, 0.6) is 0 Å². The van der Waals surface area contributed by atoms with Crippen molar-refractivity contribution in [1.29, 1.82) is 0 Å². The van der Waals surface area contributed by atoms with Crippen LogP contribution >= 0.6 is 0 Å². The Hall–Kier alpha value is -2.64. The third-order valence-electron chi connectivity index (χ3n) is 4.28. The molecule has 130 valence electrons. The van der Waals surface area contributed by atoms with E-state index in [0.29, 0.717) is 0 Å². The standard InChI is InChI=1S/C16H21N3O5/c1-10-4-3-5-11(2)18(10)15(20)9-24-16(21)13-8-12(19(22)23)6-7-14(13)17/h6-8,10-11H,3-5,9,17H2,1-2H3/t10-,11-/m0/s1. The van der Waals surface area contributed by atoms with Crippen molar-refractivity contribution >= 4 is 23.3 Å². The van der Waals surface area contributed by atoms with Crippen LogP contribution in [0.2, 0.25) is 0 Å². The van der Waals surface area contributed by atoms with Crippen LogP contribution in [0.15, 0.2) is 18.2 Å². The van der Waals surface area contributed by atoms with Gasteiger partial charge in [0.15, 0.2) is 6.61 Å². The molecule has 1 aromatic rings. The molecule has 0 aliphatic carbocycles. The van der Waals surface area contributed by atoms with Gasteiger partial charge in [0.2, 0.25) is 0 Å². The molecule has 1 aromatic carbocycles. The number of nitro groups is 1. The van der Waals surface area contributed by atoms with E-state index < -0.39 is 17.5 Å². The van der Waals surface area contributed by atoms with Crippen molar-refractivity contribution in [2.24, 2.45) is 0 Å². The summed E-state index contributed by atoms with van der Waals surface area (Å²) in [4.78, 5) is 36.3. The maximum absolute atomic E-state index is 12.3. The monoisotopic (exact) mass is 335 g/mol. The highest BCUT2D eigenvalue weighted by molar-refractivity contribution is 5.97. The third-order valence-corrected chi connectivity index (χ3v) is 4.28. The van der Waals surface area contributed by atoms with E-state index in [2.05, 4.69) is 0 Å². The summed E-state index contributed by atoms with van der Waals surface area (Å²) in [5, 5.41) is 10.8. The summed E-state index contributed by atoms with van der Waals surface area (Å²) < 4.78 is 5.02. The number of amides is 1. The second kappa shape index (κ2) is 7.29. The maximum Gasteiger partial charge on any atom is 0.341 e. The highest BCUT2D eigenvalue weighted by Crippen LogP contribution is 2.23. The smallest absolute Gasteiger partial charge is 0.341 e. The number of nitrogens with zero attached hydrogens (tertiary/aromatic N) is 2. The molecule has 8 heteroatoms. The van der Waals surface area contributed by atoms with Gasteiger partial charge in [0.25, 0.3) is 11.6 Å². The molecule has 1 aliphatic heterocycles. The van der Waals surface area contributed by atoms with Crippen LogP contribution in [0.1, 0.15) is 43.5 Å². The van der Waals surface area contributed by atoms with Gasteiger partial charge in [-0.15, -0.1) is 0 Å². The molecule has 1 amide bonds. The quantitative estimate of drug-likeness (QED) is 0.390. The molecular formula is C16H21N3O5. The van der Waals surface area contributed by atoms with Crippen molar-refractivity contribution in [3.05, 3.63) is 33.9 Å². The van der Waals surface area contributed by atoms with Crippen LogP contribution < -0.4 is 5.73 Å². The molecule has 0 saturated carbocycles. The number of likely N-dealkylation sites (tertiary alicyclic amines) is 1. The largest absolute Gasteiger partial charge is 0.452 e. The molecule has 2 atom stereocenters. The number of piperidine rings is 1. The number of benzene rings is 1. The Morgan fingerprint density at radius 1 is 1.33 bits per heavy atom. The van der Waals surface area contributed by atoms with Gasteiger partial charge in [0, 0.05) is 29.9 Å². The second-order valence-corrected chi connectivity index (χ2v) is 6.03. The van der Waals surface area contributed by atoms with Gasteiger partial charge in [-0.25, -0.2) is 4.79 Å². The topological polar surface area (TPSA) is 116 Å². The van der Waals surface area contributed by atoms with Crippen LogP contribution in [-0.4, -0.2) is 40.4 Å². The number of anilines is 1. The minimum absolute atomic E-state index is 0.0674. The van der Waals surface area contributed by atoms with Crippen molar-refractivity contribution in [3.63, 3.8) is 0 Å². The first-order valence-electron chi connectivity index (χ1n) is 7.83. The van der Waals surface area contributed by atoms with E-state index in [1.54, 1.807) is 4.90 Å². The molecule has 2 rings (SSSR count). The second-order valence-electron chi connectivity index (χ2n) is 6.03. The van der Waals surface area contributed by atoms with Crippen LogP contribution in [-0.2, 0) is 9.53 Å². The number of nitrogen functional groups attached to an aromatic ring is 1. The lowest BCUT2D eigenvalue weighted by Gasteiger charge is -2.38. The van der Waals surface area contributed by atoms with Crippen LogP contribution in [0.3, 0.4) is 0 Å². The van der Waals surface area contributed by atoms with Gasteiger partial charge in [-0.3, -0.25) is 14.9 Å². The van der Waals surface area contributed by atoms with Crippen molar-refractivity contribution < 1.29 is 19.2 Å². The Bertz CT molecular complexity index is 651. The molecule has 0 radical (unpaired) electrons. The molecule has 1 saturated heterocycles. The van der Waals surface area contributed by atoms with Crippen molar-refractivity contribution in [2.75, 3.05) is 12.3 Å². The number of nitro benzene ring substituents is 1. The van der Waals surface area contributed by atoms with Crippen molar-refractivity contribution in [1.82, 2.24) is 4.90 Å². The molecule has 2 N–H and O–H groups in total. The molecule has 1 fully saturated rings. The Labute approximate surface area is 139 Å². The van der Waals surface area contributed by atoms with E-state index in [4.69, 9.17) is 10.5 Å². The zero-order valence-electron chi connectivity index (χ0n) is 13.7. The van der Waals surface area contributed by atoms with E-state index in [-0.39, 0.29) is 34.9 Å². The fourth-order valence-electron chi connectivity index (χ4n) is 3.03. The normalized spacial score (nSPS) is 20.5. The Morgan fingerprint density at radius 3 is 2.54 bits per heavy atom. The molecule has 0 spiro atoms. The molecule has 0 bridgehead atoms. The number of carbonyl (C=O) groups is 2. The van der Waals surface area contributed by atoms with Gasteiger partial charge in [-0.05, 0) is 39.2 Å². The van der Waals surface area contributed by atoms with Gasteiger partial charge in [-0.2, -0.15) is 0 Å². The maximum atomic E-state index is 12.3. The van der Waals surface area contributed by atoms with Crippen LogP contribution in [0.25, 0.3) is 0 Å². The summed E-state index contributed by atoms with van der Waals surface area (Å²) in [5.74, 6) is -1.12. The van der Waals surface area contributed by atoms with E-state index in [9.17, 15) is 19.7 Å². The number of rotatable bonds is 4. The van der Waals surface area contributed by atoms with Gasteiger partial charge in [-0.1, -0.05) is 0 Å². The molecule has 8 nitrogen and oxygen atoms in total. The minimum Gasteiger partial charge on any atom is -0.452 e. The first-order chi connectivity index (χ1) is 11.3. The summed E-state index contributed by atoms with van der Waals surface area (Å²) in [6, 6.07) is 3.72. The van der Waals surface area contributed by atoms with Crippen LogP contribution in [0, 0.1) is 10.1 Å². The lowest BCUT2D eigenvalue weighted by atomic mass is 9.97. The van der Waals surface area contributed by atoms with Crippen molar-refractivity contribution in [2.45, 2.75) is 45.2 Å². The van der Waals surface area contributed by atoms with Gasteiger partial charge in [0.05, 0.1) is 10.5 Å². The fraction of sp³-hybridized carbons (Fsp3) is 0.500.